The number of fused-ring (bicyclic) bond motifs is 1. The van der Waals surface area contributed by atoms with E-state index in [0.29, 0.717) is 6.04 Å². The molecular weight excluding hydrogens is 397 g/mol. The number of hydrogen-bond acceptors (Lipinski definition) is 4. The first-order valence-electron chi connectivity index (χ1n) is 10.7. The van der Waals surface area contributed by atoms with Crippen LogP contribution in [0.5, 0.6) is 11.5 Å². The third-order valence-electron chi connectivity index (χ3n) is 6.94. The Balaban J connectivity index is 1.49. The fourth-order valence-corrected chi connectivity index (χ4v) is 5.30. The lowest BCUT2D eigenvalue weighted by Gasteiger charge is -2.45. The molecule has 7 heteroatoms. The molecule has 0 bridgehead atoms. The molecule has 2 fully saturated rings. The normalized spacial score (nSPS) is 25.5. The number of amides is 2. The molecule has 2 N–H and O–H groups in total. The molecule has 0 radical (unpaired) electrons. The minimum atomic E-state index is -0.440. The van der Waals surface area contributed by atoms with Crippen molar-refractivity contribution < 1.29 is 18.7 Å². The van der Waals surface area contributed by atoms with E-state index in [-0.39, 0.29) is 23.2 Å². The van der Waals surface area contributed by atoms with E-state index in [9.17, 15) is 9.18 Å². The third-order valence-corrected chi connectivity index (χ3v) is 6.94. The van der Waals surface area contributed by atoms with Crippen molar-refractivity contribution in [2.45, 2.75) is 43.2 Å². The summed E-state index contributed by atoms with van der Waals surface area (Å²) in [6, 6.07) is 12.4. The molecule has 2 aliphatic rings. The van der Waals surface area contributed by atoms with Gasteiger partial charge in [0.2, 0.25) is 0 Å². The molecule has 3 unspecified atom stereocenters. The van der Waals surface area contributed by atoms with Crippen molar-refractivity contribution in [3.8, 4) is 11.5 Å². The number of halogens is 1. The number of rotatable bonds is 5. The van der Waals surface area contributed by atoms with Gasteiger partial charge in [-0.25, -0.2) is 9.18 Å². The summed E-state index contributed by atoms with van der Waals surface area (Å²) >= 11 is 0. The number of nitrogens with one attached hydrogen (secondary N) is 2. The van der Waals surface area contributed by atoms with Gasteiger partial charge in [0.15, 0.2) is 11.5 Å². The van der Waals surface area contributed by atoms with Gasteiger partial charge in [0.25, 0.3) is 0 Å². The van der Waals surface area contributed by atoms with Crippen molar-refractivity contribution in [3.63, 3.8) is 0 Å². The Morgan fingerprint density at radius 3 is 2.65 bits per heavy atom. The zero-order valence-corrected chi connectivity index (χ0v) is 18.3. The second kappa shape index (κ2) is 8.75. The van der Waals surface area contributed by atoms with E-state index in [2.05, 4.69) is 34.7 Å². The van der Waals surface area contributed by atoms with Crippen LogP contribution in [-0.4, -0.2) is 50.8 Å². The third kappa shape index (κ3) is 4.06. The van der Waals surface area contributed by atoms with Gasteiger partial charge in [-0.05, 0) is 69.1 Å². The van der Waals surface area contributed by atoms with E-state index in [0.717, 1.165) is 43.7 Å². The maximum atomic E-state index is 13.8. The van der Waals surface area contributed by atoms with Crippen molar-refractivity contribution in [1.82, 2.24) is 10.2 Å². The molecular formula is C24H30FN3O3. The number of hydrogen-bond donors (Lipinski definition) is 2. The minimum Gasteiger partial charge on any atom is -0.493 e. The van der Waals surface area contributed by atoms with E-state index in [4.69, 9.17) is 9.47 Å². The molecule has 166 valence electrons. The summed E-state index contributed by atoms with van der Waals surface area (Å²) < 4.78 is 24.8. The molecule has 2 aromatic rings. The first kappa shape index (κ1) is 21.4. The van der Waals surface area contributed by atoms with E-state index in [1.807, 2.05) is 6.07 Å². The predicted octanol–water partition coefficient (Wildman–Crippen LogP) is 4.16. The number of likely N-dealkylation sites (tertiary alicyclic amines) is 1. The van der Waals surface area contributed by atoms with Crippen LogP contribution in [-0.2, 0) is 5.41 Å². The van der Waals surface area contributed by atoms with Gasteiger partial charge in [0, 0.05) is 17.5 Å². The van der Waals surface area contributed by atoms with Crippen LogP contribution >= 0.6 is 0 Å². The summed E-state index contributed by atoms with van der Waals surface area (Å²) in [4.78, 5) is 14.9. The van der Waals surface area contributed by atoms with Gasteiger partial charge in [0.1, 0.15) is 5.82 Å². The average molecular weight is 428 g/mol. The molecule has 6 nitrogen and oxygen atoms in total. The van der Waals surface area contributed by atoms with Gasteiger partial charge in [-0.1, -0.05) is 18.2 Å². The van der Waals surface area contributed by atoms with Crippen LogP contribution in [0.1, 0.15) is 31.2 Å². The molecule has 0 spiro atoms. The number of anilines is 1. The van der Waals surface area contributed by atoms with Crippen LogP contribution in [0, 0.1) is 5.82 Å². The zero-order chi connectivity index (χ0) is 22.0. The lowest BCUT2D eigenvalue weighted by molar-refractivity contribution is 0.156. The maximum absolute atomic E-state index is 13.8. The highest BCUT2D eigenvalue weighted by molar-refractivity contribution is 5.89. The van der Waals surface area contributed by atoms with Crippen LogP contribution in [0.3, 0.4) is 0 Å². The van der Waals surface area contributed by atoms with Crippen LogP contribution in [0.2, 0.25) is 0 Å². The van der Waals surface area contributed by atoms with E-state index in [1.54, 1.807) is 32.4 Å². The number of carbonyl (C=O) groups is 1. The predicted molar refractivity (Wildman–Crippen MR) is 118 cm³/mol. The highest BCUT2D eigenvalue weighted by Gasteiger charge is 2.50. The van der Waals surface area contributed by atoms with Gasteiger partial charge in [-0.2, -0.15) is 0 Å². The summed E-state index contributed by atoms with van der Waals surface area (Å²) in [7, 11) is 5.45. The van der Waals surface area contributed by atoms with Crippen LogP contribution in [0.25, 0.3) is 0 Å². The lowest BCUT2D eigenvalue weighted by atomic mass is 9.65. The Labute approximate surface area is 182 Å². The largest absolute Gasteiger partial charge is 0.493 e. The number of ether oxygens (including phenoxy) is 2. The van der Waals surface area contributed by atoms with Crippen LogP contribution in [0.4, 0.5) is 14.9 Å². The smallest absolute Gasteiger partial charge is 0.319 e. The first-order chi connectivity index (χ1) is 15.0. The highest BCUT2D eigenvalue weighted by atomic mass is 19.1. The average Bonchev–Trinajstić information content (AvgIpc) is 3.12. The molecule has 2 aromatic carbocycles. The van der Waals surface area contributed by atoms with E-state index in [1.165, 1.54) is 11.6 Å². The number of likely N-dealkylation sites (N-methyl/N-ethyl adjacent to an activating group) is 1. The van der Waals surface area contributed by atoms with Gasteiger partial charge in [-0.3, -0.25) is 0 Å². The molecule has 1 saturated heterocycles. The Kier molecular flexibility index (Phi) is 6.05. The Morgan fingerprint density at radius 1 is 1.13 bits per heavy atom. The Morgan fingerprint density at radius 2 is 1.90 bits per heavy atom. The number of nitrogens with zero attached hydrogens (tertiary/aromatic N) is 1. The van der Waals surface area contributed by atoms with Gasteiger partial charge < -0.3 is 25.0 Å². The Bertz CT molecular complexity index is 953. The first-order valence-corrected chi connectivity index (χ1v) is 10.7. The fourth-order valence-electron chi connectivity index (χ4n) is 5.30. The van der Waals surface area contributed by atoms with Gasteiger partial charge in [0.05, 0.1) is 19.9 Å². The summed E-state index contributed by atoms with van der Waals surface area (Å²) in [6.45, 7) is 1.01. The molecule has 1 aliphatic heterocycles. The fraction of sp³-hybridized carbons (Fsp3) is 0.458. The van der Waals surface area contributed by atoms with Gasteiger partial charge in [-0.15, -0.1) is 0 Å². The van der Waals surface area contributed by atoms with Crippen molar-refractivity contribution in [3.05, 3.63) is 53.8 Å². The highest BCUT2D eigenvalue weighted by Crippen LogP contribution is 2.49. The van der Waals surface area contributed by atoms with Crippen molar-refractivity contribution >= 4 is 11.7 Å². The molecule has 1 heterocycles. The van der Waals surface area contributed by atoms with Gasteiger partial charge >= 0.3 is 6.03 Å². The van der Waals surface area contributed by atoms with E-state index >= 15 is 0 Å². The van der Waals surface area contributed by atoms with Crippen molar-refractivity contribution in [2.75, 3.05) is 33.1 Å². The maximum Gasteiger partial charge on any atom is 0.319 e. The molecule has 4 rings (SSSR count). The molecule has 2 amide bonds. The molecule has 0 aromatic heterocycles. The Hall–Kier alpha value is -2.80. The lowest BCUT2D eigenvalue weighted by Crippen LogP contribution is -2.52. The number of urea groups is 1. The van der Waals surface area contributed by atoms with E-state index < -0.39 is 5.82 Å². The number of methoxy groups -OCH3 is 2. The standard InChI is InChI=1S/C24H30FN3O3/c1-28-13-12-24(16-8-9-20(30-2)21(14-16)31-3)11-10-17(15-22(24)28)26-23(29)27-19-7-5-4-6-18(19)25/h4-9,14,17,22H,10-13,15H2,1-3H3,(H2,26,27,29). The summed E-state index contributed by atoms with van der Waals surface area (Å²) in [5.74, 6) is 1.03. The number of benzene rings is 2. The number of para-hydroxylation sites is 1. The van der Waals surface area contributed by atoms with Crippen molar-refractivity contribution in [1.29, 1.82) is 0 Å². The quantitative estimate of drug-likeness (QED) is 0.752. The molecule has 31 heavy (non-hydrogen) atoms. The molecule has 1 saturated carbocycles. The SMILES string of the molecule is COc1ccc(C23CCC(NC(=O)Nc4ccccc4F)CC2N(C)CC3)cc1OC. The molecule has 1 aliphatic carbocycles. The van der Waals surface area contributed by atoms with Crippen LogP contribution in [0.15, 0.2) is 42.5 Å². The summed E-state index contributed by atoms with van der Waals surface area (Å²) in [5.41, 5.74) is 1.47. The second-order valence-corrected chi connectivity index (χ2v) is 8.52. The summed E-state index contributed by atoms with van der Waals surface area (Å²) in [5, 5.41) is 5.68. The number of carbonyl (C=O) groups excluding carboxylic acids is 1. The minimum absolute atomic E-state index is 0.0223. The van der Waals surface area contributed by atoms with Crippen molar-refractivity contribution in [2.24, 2.45) is 0 Å². The second-order valence-electron chi connectivity index (χ2n) is 8.52. The topological polar surface area (TPSA) is 62.8 Å². The molecule has 3 atom stereocenters. The monoisotopic (exact) mass is 427 g/mol. The summed E-state index contributed by atoms with van der Waals surface area (Å²) in [6.07, 6.45) is 3.73. The van der Waals surface area contributed by atoms with Crippen LogP contribution < -0.4 is 20.1 Å². The zero-order valence-electron chi connectivity index (χ0n) is 18.3.